The number of aliphatic carboxylic acids is 1. The van der Waals surface area contributed by atoms with Crippen molar-refractivity contribution in [3.05, 3.63) is 29.0 Å². The molecule has 2 heterocycles. The summed E-state index contributed by atoms with van der Waals surface area (Å²) in [6, 6.07) is 1.59. The van der Waals surface area contributed by atoms with E-state index in [4.69, 9.17) is 21.4 Å². The van der Waals surface area contributed by atoms with Crippen molar-refractivity contribution in [3.8, 4) is 0 Å². The van der Waals surface area contributed by atoms with Gasteiger partial charge in [-0.15, -0.1) is 0 Å². The maximum absolute atomic E-state index is 12.3. The first kappa shape index (κ1) is 14.7. The lowest BCUT2D eigenvalue weighted by Crippen LogP contribution is -2.41. The molecule has 20 heavy (non-hydrogen) atoms. The molecule has 0 unspecified atom stereocenters. The fourth-order valence-electron chi connectivity index (χ4n) is 2.13. The number of hydrogen-bond donors (Lipinski definition) is 1. The van der Waals surface area contributed by atoms with Crippen LogP contribution < -0.4 is 0 Å². The van der Waals surface area contributed by atoms with Gasteiger partial charge in [0.1, 0.15) is 6.61 Å². The number of amides is 1. The van der Waals surface area contributed by atoms with Crippen LogP contribution in [0.1, 0.15) is 23.2 Å². The molecule has 1 saturated heterocycles. The van der Waals surface area contributed by atoms with E-state index in [1.54, 1.807) is 11.0 Å². The van der Waals surface area contributed by atoms with Gasteiger partial charge in [0.15, 0.2) is 0 Å². The van der Waals surface area contributed by atoms with E-state index in [1.165, 1.54) is 12.4 Å². The van der Waals surface area contributed by atoms with Gasteiger partial charge in [0.2, 0.25) is 0 Å². The maximum Gasteiger partial charge on any atom is 0.329 e. The smallest absolute Gasteiger partial charge is 0.329 e. The molecule has 6 nitrogen and oxygen atoms in total. The minimum Gasteiger partial charge on any atom is -0.480 e. The standard InChI is InChI=1S/C13H15ClN2O4/c14-11-7-15-4-1-10(11)13(19)16-5-2-9(3-6-16)20-8-12(17)18/h1,4,7,9H,2-3,5-6,8H2,(H,17,18). The molecule has 7 heteroatoms. The number of likely N-dealkylation sites (tertiary alicyclic amines) is 1. The van der Waals surface area contributed by atoms with Crippen LogP contribution in [-0.2, 0) is 9.53 Å². The second-order valence-electron chi connectivity index (χ2n) is 4.55. The zero-order valence-electron chi connectivity index (χ0n) is 10.8. The first-order valence-corrected chi connectivity index (χ1v) is 6.68. The van der Waals surface area contributed by atoms with Crippen molar-refractivity contribution in [2.45, 2.75) is 18.9 Å². The van der Waals surface area contributed by atoms with E-state index in [1.807, 2.05) is 0 Å². The number of nitrogens with zero attached hydrogens (tertiary/aromatic N) is 2. The van der Waals surface area contributed by atoms with Crippen molar-refractivity contribution in [2.24, 2.45) is 0 Å². The first-order chi connectivity index (χ1) is 9.58. The quantitative estimate of drug-likeness (QED) is 0.910. The average Bonchev–Trinajstić information content (AvgIpc) is 2.45. The van der Waals surface area contributed by atoms with Crippen LogP contribution in [0.4, 0.5) is 0 Å². The van der Waals surface area contributed by atoms with Crippen LogP contribution >= 0.6 is 11.6 Å². The third-order valence-electron chi connectivity index (χ3n) is 3.17. The molecular formula is C13H15ClN2O4. The summed E-state index contributed by atoms with van der Waals surface area (Å²) in [7, 11) is 0. The third kappa shape index (κ3) is 3.68. The van der Waals surface area contributed by atoms with E-state index < -0.39 is 5.97 Å². The topological polar surface area (TPSA) is 79.7 Å². The maximum atomic E-state index is 12.3. The van der Waals surface area contributed by atoms with Crippen LogP contribution in [0.15, 0.2) is 18.5 Å². The molecule has 0 aromatic carbocycles. The predicted molar refractivity (Wildman–Crippen MR) is 71.8 cm³/mol. The highest BCUT2D eigenvalue weighted by molar-refractivity contribution is 6.33. The van der Waals surface area contributed by atoms with Crippen LogP contribution in [0.5, 0.6) is 0 Å². The van der Waals surface area contributed by atoms with Gasteiger partial charge in [-0.2, -0.15) is 0 Å². The number of aromatic nitrogens is 1. The molecular weight excluding hydrogens is 284 g/mol. The van der Waals surface area contributed by atoms with Crippen LogP contribution in [0.3, 0.4) is 0 Å². The molecule has 0 aliphatic carbocycles. The van der Waals surface area contributed by atoms with Gasteiger partial charge in [-0.25, -0.2) is 4.79 Å². The second-order valence-corrected chi connectivity index (χ2v) is 4.96. The Balaban J connectivity index is 1.89. The number of rotatable bonds is 4. The molecule has 2 rings (SSSR count). The first-order valence-electron chi connectivity index (χ1n) is 6.30. The number of halogens is 1. The van der Waals surface area contributed by atoms with Gasteiger partial charge in [0, 0.05) is 25.5 Å². The molecule has 1 aromatic rings. The van der Waals surface area contributed by atoms with E-state index in [9.17, 15) is 9.59 Å². The average molecular weight is 299 g/mol. The summed E-state index contributed by atoms with van der Waals surface area (Å²) in [6.45, 7) is 0.762. The van der Waals surface area contributed by atoms with Crippen molar-refractivity contribution in [3.63, 3.8) is 0 Å². The Labute approximate surface area is 121 Å². The number of carbonyl (C=O) groups excluding carboxylic acids is 1. The zero-order chi connectivity index (χ0) is 14.5. The molecule has 0 bridgehead atoms. The highest BCUT2D eigenvalue weighted by Gasteiger charge is 2.25. The van der Waals surface area contributed by atoms with Gasteiger partial charge >= 0.3 is 5.97 Å². The van der Waals surface area contributed by atoms with Crippen molar-refractivity contribution >= 4 is 23.5 Å². The highest BCUT2D eigenvalue weighted by atomic mass is 35.5. The lowest BCUT2D eigenvalue weighted by Gasteiger charge is -2.31. The van der Waals surface area contributed by atoms with Crippen molar-refractivity contribution in [2.75, 3.05) is 19.7 Å². The minimum absolute atomic E-state index is 0.108. The Kier molecular flexibility index (Phi) is 4.92. The summed E-state index contributed by atoms with van der Waals surface area (Å²) in [4.78, 5) is 28.2. The van der Waals surface area contributed by atoms with Crippen LogP contribution in [0, 0.1) is 0 Å². The van der Waals surface area contributed by atoms with Crippen LogP contribution in [0.2, 0.25) is 5.02 Å². The molecule has 1 aliphatic heterocycles. The molecule has 0 spiro atoms. The third-order valence-corrected chi connectivity index (χ3v) is 3.48. The summed E-state index contributed by atoms with van der Waals surface area (Å²) in [5.74, 6) is -1.11. The van der Waals surface area contributed by atoms with E-state index >= 15 is 0 Å². The molecule has 1 fully saturated rings. The highest BCUT2D eigenvalue weighted by Crippen LogP contribution is 2.20. The van der Waals surface area contributed by atoms with Crippen molar-refractivity contribution < 1.29 is 19.4 Å². The fourth-order valence-corrected chi connectivity index (χ4v) is 2.33. The lowest BCUT2D eigenvalue weighted by molar-refractivity contribution is -0.145. The number of carboxylic acid groups (broad SMARTS) is 1. The summed E-state index contributed by atoms with van der Waals surface area (Å²) >= 11 is 5.95. The van der Waals surface area contributed by atoms with Gasteiger partial charge in [-0.05, 0) is 18.9 Å². The predicted octanol–water partition coefficient (Wildman–Crippen LogP) is 1.44. The Morgan fingerprint density at radius 3 is 2.75 bits per heavy atom. The van der Waals surface area contributed by atoms with Gasteiger partial charge in [0.25, 0.3) is 5.91 Å². The van der Waals surface area contributed by atoms with Crippen molar-refractivity contribution in [1.82, 2.24) is 9.88 Å². The lowest BCUT2D eigenvalue weighted by atomic mass is 10.1. The summed E-state index contributed by atoms with van der Waals surface area (Å²) < 4.78 is 5.23. The molecule has 1 N–H and O–H groups in total. The second kappa shape index (κ2) is 6.67. The van der Waals surface area contributed by atoms with E-state index in [2.05, 4.69) is 4.98 Å². The molecule has 0 radical (unpaired) electrons. The Hall–Kier alpha value is -1.66. The van der Waals surface area contributed by atoms with E-state index in [0.717, 1.165) is 0 Å². The Morgan fingerprint density at radius 2 is 2.15 bits per heavy atom. The summed E-state index contributed by atoms with van der Waals surface area (Å²) in [5, 5.41) is 8.89. The van der Waals surface area contributed by atoms with Gasteiger partial charge < -0.3 is 14.7 Å². The van der Waals surface area contributed by atoms with Gasteiger partial charge in [-0.1, -0.05) is 11.6 Å². The van der Waals surface area contributed by atoms with E-state index in [0.29, 0.717) is 36.5 Å². The molecule has 0 saturated carbocycles. The van der Waals surface area contributed by atoms with Gasteiger partial charge in [-0.3, -0.25) is 9.78 Å². The van der Waals surface area contributed by atoms with Crippen LogP contribution in [0.25, 0.3) is 0 Å². The van der Waals surface area contributed by atoms with Crippen molar-refractivity contribution in [1.29, 1.82) is 0 Å². The molecule has 1 amide bonds. The fraction of sp³-hybridized carbons (Fsp3) is 0.462. The number of hydrogen-bond acceptors (Lipinski definition) is 4. The molecule has 1 aromatic heterocycles. The summed E-state index contributed by atoms with van der Waals surface area (Å²) in [6.07, 6.45) is 4.12. The molecule has 0 atom stereocenters. The number of carbonyl (C=O) groups is 2. The Bertz CT molecular complexity index is 501. The minimum atomic E-state index is -0.980. The monoisotopic (exact) mass is 298 g/mol. The summed E-state index contributed by atoms with van der Waals surface area (Å²) in [5.41, 5.74) is 0.437. The number of pyridine rings is 1. The molecule has 1 aliphatic rings. The number of carboxylic acids is 1. The number of piperidine rings is 1. The SMILES string of the molecule is O=C(O)COC1CCN(C(=O)c2ccncc2Cl)CC1. The molecule has 108 valence electrons. The van der Waals surface area contributed by atoms with Gasteiger partial charge in [0.05, 0.1) is 16.7 Å². The largest absolute Gasteiger partial charge is 0.480 e. The van der Waals surface area contributed by atoms with E-state index in [-0.39, 0.29) is 18.6 Å². The zero-order valence-corrected chi connectivity index (χ0v) is 11.5. The normalized spacial score (nSPS) is 16.1. The number of ether oxygens (including phenoxy) is 1. The Morgan fingerprint density at radius 1 is 1.45 bits per heavy atom. The van der Waals surface area contributed by atoms with Crippen LogP contribution in [-0.4, -0.2) is 52.7 Å².